The van der Waals surface area contributed by atoms with Crippen LogP contribution in [-0.4, -0.2) is 40.4 Å². The Labute approximate surface area is 99.7 Å². The van der Waals surface area contributed by atoms with Crippen LogP contribution in [0.2, 0.25) is 0 Å². The molecule has 2 N–H and O–H groups in total. The Hall–Kier alpha value is -1.62. The summed E-state index contributed by atoms with van der Waals surface area (Å²) in [5, 5.41) is 18.3. The first kappa shape index (κ1) is 11.9. The van der Waals surface area contributed by atoms with E-state index in [0.717, 1.165) is 25.3 Å². The largest absolute Gasteiger partial charge is 0.478 e. The van der Waals surface area contributed by atoms with Gasteiger partial charge in [-0.1, -0.05) is 0 Å². The second-order valence-corrected chi connectivity index (χ2v) is 4.45. The average molecular weight is 236 g/mol. The number of pyridine rings is 1. The lowest BCUT2D eigenvalue weighted by Crippen LogP contribution is -2.24. The lowest BCUT2D eigenvalue weighted by atomic mass is 10.0. The van der Waals surface area contributed by atoms with E-state index >= 15 is 0 Å². The molecular formula is C12H16N2O3. The molecule has 17 heavy (non-hydrogen) atoms. The van der Waals surface area contributed by atoms with E-state index in [4.69, 9.17) is 5.11 Å². The van der Waals surface area contributed by atoms with E-state index in [9.17, 15) is 9.90 Å². The third kappa shape index (κ3) is 2.55. The van der Waals surface area contributed by atoms with Crippen LogP contribution in [0.15, 0.2) is 18.3 Å². The fraction of sp³-hybridized carbons (Fsp3) is 0.500. The standard InChI is InChI=1S/C12H16N2O3/c1-8(15)10-4-5-14(7-10)11-3-2-9(6-13-11)12(16)17/h2-3,6,8,10,15H,4-5,7H2,1H3,(H,16,17). The lowest BCUT2D eigenvalue weighted by molar-refractivity contribution is 0.0696. The molecule has 0 spiro atoms. The van der Waals surface area contributed by atoms with Crippen molar-refractivity contribution < 1.29 is 15.0 Å². The van der Waals surface area contributed by atoms with Crippen molar-refractivity contribution in [2.24, 2.45) is 5.92 Å². The van der Waals surface area contributed by atoms with Crippen LogP contribution in [0, 0.1) is 5.92 Å². The number of carbonyl (C=O) groups is 1. The topological polar surface area (TPSA) is 73.7 Å². The second kappa shape index (κ2) is 4.71. The van der Waals surface area contributed by atoms with Crippen LogP contribution in [-0.2, 0) is 0 Å². The van der Waals surface area contributed by atoms with Crippen molar-refractivity contribution in [3.05, 3.63) is 23.9 Å². The number of rotatable bonds is 3. The average Bonchev–Trinajstić information content (AvgIpc) is 2.78. The molecular weight excluding hydrogens is 220 g/mol. The molecule has 0 aliphatic carbocycles. The first-order valence-electron chi connectivity index (χ1n) is 5.70. The number of carboxylic acid groups (broad SMARTS) is 1. The first-order valence-corrected chi connectivity index (χ1v) is 5.70. The van der Waals surface area contributed by atoms with Crippen LogP contribution >= 0.6 is 0 Å². The highest BCUT2D eigenvalue weighted by Crippen LogP contribution is 2.24. The maximum absolute atomic E-state index is 10.7. The summed E-state index contributed by atoms with van der Waals surface area (Å²) in [6, 6.07) is 3.27. The molecule has 0 amide bonds. The molecule has 5 heteroatoms. The van der Waals surface area contributed by atoms with Gasteiger partial charge in [-0.25, -0.2) is 9.78 Å². The zero-order valence-corrected chi connectivity index (χ0v) is 9.71. The second-order valence-electron chi connectivity index (χ2n) is 4.45. The maximum atomic E-state index is 10.7. The Morgan fingerprint density at radius 2 is 2.35 bits per heavy atom. The van der Waals surface area contributed by atoms with E-state index in [0.29, 0.717) is 0 Å². The summed E-state index contributed by atoms with van der Waals surface area (Å²) >= 11 is 0. The van der Waals surface area contributed by atoms with Gasteiger partial charge in [0.05, 0.1) is 11.7 Å². The molecule has 1 fully saturated rings. The molecule has 1 aromatic heterocycles. The molecule has 2 rings (SSSR count). The monoisotopic (exact) mass is 236 g/mol. The van der Waals surface area contributed by atoms with Gasteiger partial charge in [0.2, 0.25) is 0 Å². The molecule has 0 saturated carbocycles. The lowest BCUT2D eigenvalue weighted by Gasteiger charge is -2.18. The van der Waals surface area contributed by atoms with Crippen molar-refractivity contribution in [3.63, 3.8) is 0 Å². The minimum Gasteiger partial charge on any atom is -0.478 e. The van der Waals surface area contributed by atoms with Crippen molar-refractivity contribution in [2.45, 2.75) is 19.4 Å². The van der Waals surface area contributed by atoms with Crippen LogP contribution in [0.1, 0.15) is 23.7 Å². The minimum absolute atomic E-state index is 0.194. The molecule has 0 aromatic carbocycles. The van der Waals surface area contributed by atoms with Gasteiger partial charge in [-0.05, 0) is 25.5 Å². The summed E-state index contributed by atoms with van der Waals surface area (Å²) in [4.78, 5) is 16.9. The van der Waals surface area contributed by atoms with Crippen molar-refractivity contribution in [3.8, 4) is 0 Å². The van der Waals surface area contributed by atoms with Gasteiger partial charge in [0.1, 0.15) is 5.82 Å². The number of hydrogen-bond acceptors (Lipinski definition) is 4. The highest BCUT2D eigenvalue weighted by Gasteiger charge is 2.26. The summed E-state index contributed by atoms with van der Waals surface area (Å²) in [6.45, 7) is 3.43. The zero-order valence-electron chi connectivity index (χ0n) is 9.71. The highest BCUT2D eigenvalue weighted by molar-refractivity contribution is 5.87. The molecule has 1 aliphatic rings. The quantitative estimate of drug-likeness (QED) is 0.818. The molecule has 0 radical (unpaired) electrons. The highest BCUT2D eigenvalue weighted by atomic mass is 16.4. The van der Waals surface area contributed by atoms with E-state index in [1.165, 1.54) is 6.20 Å². The van der Waals surface area contributed by atoms with Gasteiger partial charge in [0.25, 0.3) is 0 Å². The Balaban J connectivity index is 2.06. The van der Waals surface area contributed by atoms with Gasteiger partial charge in [-0.2, -0.15) is 0 Å². The number of aromatic carboxylic acids is 1. The van der Waals surface area contributed by atoms with Gasteiger partial charge in [0, 0.05) is 25.2 Å². The molecule has 92 valence electrons. The molecule has 0 bridgehead atoms. The van der Waals surface area contributed by atoms with Gasteiger partial charge >= 0.3 is 5.97 Å². The first-order chi connectivity index (χ1) is 8.08. The van der Waals surface area contributed by atoms with E-state index in [1.807, 2.05) is 0 Å². The van der Waals surface area contributed by atoms with E-state index in [-0.39, 0.29) is 17.6 Å². The predicted molar refractivity (Wildman–Crippen MR) is 63.2 cm³/mol. The number of hydrogen-bond donors (Lipinski definition) is 2. The van der Waals surface area contributed by atoms with E-state index in [1.54, 1.807) is 19.1 Å². The number of aliphatic hydroxyl groups excluding tert-OH is 1. The van der Waals surface area contributed by atoms with Gasteiger partial charge < -0.3 is 15.1 Å². The maximum Gasteiger partial charge on any atom is 0.337 e. The molecule has 1 aromatic rings. The molecule has 1 saturated heterocycles. The summed E-state index contributed by atoms with van der Waals surface area (Å²) in [5.74, 6) is 0.0847. The Morgan fingerprint density at radius 1 is 1.59 bits per heavy atom. The summed E-state index contributed by atoms with van der Waals surface area (Å²) in [6.07, 6.45) is 2.01. The van der Waals surface area contributed by atoms with E-state index in [2.05, 4.69) is 9.88 Å². The van der Waals surface area contributed by atoms with Gasteiger partial charge in [-0.15, -0.1) is 0 Å². The van der Waals surface area contributed by atoms with E-state index < -0.39 is 5.97 Å². The number of nitrogens with zero attached hydrogens (tertiary/aromatic N) is 2. The fourth-order valence-corrected chi connectivity index (χ4v) is 2.09. The third-order valence-electron chi connectivity index (χ3n) is 3.23. The van der Waals surface area contributed by atoms with Crippen LogP contribution < -0.4 is 4.90 Å². The predicted octanol–water partition coefficient (Wildman–Crippen LogP) is 0.987. The van der Waals surface area contributed by atoms with Gasteiger partial charge in [-0.3, -0.25) is 0 Å². The smallest absolute Gasteiger partial charge is 0.337 e. The Morgan fingerprint density at radius 3 is 2.82 bits per heavy atom. The number of anilines is 1. The SMILES string of the molecule is CC(O)C1CCN(c2ccc(C(=O)O)cn2)C1. The zero-order chi connectivity index (χ0) is 12.4. The third-order valence-corrected chi connectivity index (χ3v) is 3.23. The molecule has 2 unspecified atom stereocenters. The molecule has 5 nitrogen and oxygen atoms in total. The number of carboxylic acids is 1. The van der Waals surface area contributed by atoms with Crippen molar-refractivity contribution in [1.29, 1.82) is 0 Å². The van der Waals surface area contributed by atoms with Crippen LogP contribution in [0.5, 0.6) is 0 Å². The van der Waals surface area contributed by atoms with Crippen molar-refractivity contribution in [1.82, 2.24) is 4.98 Å². The number of aliphatic hydroxyl groups is 1. The normalized spacial score (nSPS) is 21.5. The summed E-state index contributed by atoms with van der Waals surface area (Å²) in [7, 11) is 0. The number of aromatic nitrogens is 1. The summed E-state index contributed by atoms with van der Waals surface area (Å²) in [5.41, 5.74) is 0.194. The molecule has 1 aliphatic heterocycles. The van der Waals surface area contributed by atoms with Crippen LogP contribution in [0.3, 0.4) is 0 Å². The van der Waals surface area contributed by atoms with Crippen molar-refractivity contribution >= 4 is 11.8 Å². The molecule has 2 heterocycles. The Kier molecular flexibility index (Phi) is 3.28. The van der Waals surface area contributed by atoms with Crippen LogP contribution in [0.4, 0.5) is 5.82 Å². The summed E-state index contributed by atoms with van der Waals surface area (Å²) < 4.78 is 0. The van der Waals surface area contributed by atoms with Crippen LogP contribution in [0.25, 0.3) is 0 Å². The van der Waals surface area contributed by atoms with Crippen molar-refractivity contribution in [2.75, 3.05) is 18.0 Å². The minimum atomic E-state index is -0.965. The fourth-order valence-electron chi connectivity index (χ4n) is 2.09. The molecule has 2 atom stereocenters. The van der Waals surface area contributed by atoms with Gasteiger partial charge in [0.15, 0.2) is 0 Å². The Bertz CT molecular complexity index is 403.